The summed E-state index contributed by atoms with van der Waals surface area (Å²) in [5.74, 6) is -0.406. The highest BCUT2D eigenvalue weighted by molar-refractivity contribution is 7.99. The summed E-state index contributed by atoms with van der Waals surface area (Å²) in [4.78, 5) is 34.8. The van der Waals surface area contributed by atoms with Gasteiger partial charge in [-0.25, -0.2) is 9.48 Å². The molecule has 142 valence electrons. The lowest BCUT2D eigenvalue weighted by molar-refractivity contribution is -0.384. The van der Waals surface area contributed by atoms with Gasteiger partial charge < -0.3 is 10.4 Å². The number of benzene rings is 1. The maximum absolute atomic E-state index is 12.7. The molecule has 1 amide bonds. The minimum atomic E-state index is -1.32. The first-order valence-corrected chi connectivity index (χ1v) is 9.30. The van der Waals surface area contributed by atoms with Gasteiger partial charge in [0, 0.05) is 12.1 Å². The summed E-state index contributed by atoms with van der Waals surface area (Å²) in [5.41, 5.74) is -0.698. The van der Waals surface area contributed by atoms with Crippen LogP contribution in [0.4, 0.5) is 5.69 Å². The summed E-state index contributed by atoms with van der Waals surface area (Å²) in [6.07, 6.45) is 0.660. The van der Waals surface area contributed by atoms with Crippen LogP contribution in [0, 0.1) is 17.0 Å². The molecule has 2 aromatic rings. The molecule has 27 heavy (non-hydrogen) atoms. The van der Waals surface area contributed by atoms with E-state index in [1.54, 1.807) is 24.8 Å². The number of amides is 1. The van der Waals surface area contributed by atoms with Crippen molar-refractivity contribution >= 4 is 29.3 Å². The predicted molar refractivity (Wildman–Crippen MR) is 97.1 cm³/mol. The van der Waals surface area contributed by atoms with E-state index in [9.17, 15) is 24.8 Å². The number of nitro benzene ring substituents is 1. The predicted octanol–water partition coefficient (Wildman–Crippen LogP) is 1.56. The molecule has 0 unspecified atom stereocenters. The number of carboxylic acids is 1. The summed E-state index contributed by atoms with van der Waals surface area (Å²) in [6, 6.07) is 5.78. The van der Waals surface area contributed by atoms with Crippen LogP contribution in [-0.4, -0.2) is 53.9 Å². The number of hydrogen-bond donors (Lipinski definition) is 2. The van der Waals surface area contributed by atoms with Gasteiger partial charge in [0.25, 0.3) is 11.6 Å². The number of thioether (sulfide) groups is 1. The number of aromatic nitrogens is 3. The number of aliphatic carboxylic acids is 1. The fourth-order valence-electron chi connectivity index (χ4n) is 2.91. The molecule has 11 heteroatoms. The van der Waals surface area contributed by atoms with Crippen LogP contribution in [0.2, 0.25) is 0 Å². The van der Waals surface area contributed by atoms with Crippen molar-refractivity contribution in [2.24, 2.45) is 0 Å². The first kappa shape index (κ1) is 18.8. The topological polar surface area (TPSA) is 140 Å². The van der Waals surface area contributed by atoms with Gasteiger partial charge in [-0.3, -0.25) is 14.9 Å². The van der Waals surface area contributed by atoms with Crippen molar-refractivity contribution in [3.8, 4) is 5.69 Å². The van der Waals surface area contributed by atoms with E-state index < -0.39 is 22.3 Å². The maximum Gasteiger partial charge on any atom is 0.329 e. The van der Waals surface area contributed by atoms with Crippen LogP contribution in [-0.2, 0) is 4.79 Å². The molecule has 0 radical (unpaired) electrons. The van der Waals surface area contributed by atoms with E-state index >= 15 is 0 Å². The van der Waals surface area contributed by atoms with E-state index in [-0.39, 0.29) is 11.4 Å². The second kappa shape index (κ2) is 7.35. The van der Waals surface area contributed by atoms with Gasteiger partial charge in [0.05, 0.1) is 16.3 Å². The highest BCUT2D eigenvalue weighted by atomic mass is 32.2. The number of nitrogens with one attached hydrogen (secondary N) is 1. The summed E-state index contributed by atoms with van der Waals surface area (Å²) in [6.45, 7) is 1.60. The van der Waals surface area contributed by atoms with Crippen LogP contribution in [0.15, 0.2) is 24.3 Å². The van der Waals surface area contributed by atoms with Crippen LogP contribution in [0.25, 0.3) is 5.69 Å². The van der Waals surface area contributed by atoms with Crippen molar-refractivity contribution in [3.63, 3.8) is 0 Å². The number of rotatable bonds is 5. The number of non-ortho nitro benzene ring substituents is 1. The third kappa shape index (κ3) is 3.63. The zero-order valence-electron chi connectivity index (χ0n) is 14.4. The molecule has 0 atom stereocenters. The number of nitrogens with zero attached hydrogens (tertiary/aromatic N) is 4. The Morgan fingerprint density at radius 1 is 1.37 bits per heavy atom. The van der Waals surface area contributed by atoms with E-state index in [0.29, 0.717) is 35.7 Å². The molecular formula is C16H17N5O5S. The Morgan fingerprint density at radius 2 is 2.07 bits per heavy atom. The lowest BCUT2D eigenvalue weighted by Crippen LogP contribution is -2.56. The van der Waals surface area contributed by atoms with E-state index in [1.807, 2.05) is 0 Å². The molecule has 1 aromatic carbocycles. The van der Waals surface area contributed by atoms with Crippen molar-refractivity contribution in [1.82, 2.24) is 20.3 Å². The van der Waals surface area contributed by atoms with E-state index in [0.717, 1.165) is 0 Å². The van der Waals surface area contributed by atoms with Gasteiger partial charge in [-0.1, -0.05) is 11.3 Å². The lowest BCUT2D eigenvalue weighted by Gasteiger charge is -2.33. The average molecular weight is 391 g/mol. The third-order valence-corrected chi connectivity index (χ3v) is 5.49. The Labute approximate surface area is 158 Å². The van der Waals surface area contributed by atoms with Gasteiger partial charge in [-0.05, 0) is 37.3 Å². The normalized spacial score (nSPS) is 15.9. The molecule has 0 spiro atoms. The molecule has 3 rings (SSSR count). The van der Waals surface area contributed by atoms with Crippen molar-refractivity contribution in [3.05, 3.63) is 45.8 Å². The molecule has 1 aromatic heterocycles. The fraction of sp³-hybridized carbons (Fsp3) is 0.375. The van der Waals surface area contributed by atoms with Gasteiger partial charge in [-0.15, -0.1) is 5.10 Å². The Kier molecular flexibility index (Phi) is 5.13. The number of carbonyl (C=O) groups is 2. The Balaban J connectivity index is 1.88. The summed E-state index contributed by atoms with van der Waals surface area (Å²) in [7, 11) is 0. The van der Waals surface area contributed by atoms with Gasteiger partial charge in [0.2, 0.25) is 0 Å². The number of nitro groups is 1. The van der Waals surface area contributed by atoms with Crippen LogP contribution < -0.4 is 5.32 Å². The molecule has 1 saturated heterocycles. The quantitative estimate of drug-likeness (QED) is 0.578. The van der Waals surface area contributed by atoms with Crippen molar-refractivity contribution in [2.45, 2.75) is 25.3 Å². The van der Waals surface area contributed by atoms with E-state index in [4.69, 9.17) is 0 Å². The molecule has 1 fully saturated rings. The monoisotopic (exact) mass is 391 g/mol. The number of carbonyl (C=O) groups excluding carboxylic acids is 1. The van der Waals surface area contributed by atoms with Crippen LogP contribution in [0.5, 0.6) is 0 Å². The second-order valence-corrected chi connectivity index (χ2v) is 7.39. The van der Waals surface area contributed by atoms with Gasteiger partial charge in [0.15, 0.2) is 5.69 Å². The summed E-state index contributed by atoms with van der Waals surface area (Å²) >= 11 is 1.64. The Bertz CT molecular complexity index is 906. The molecule has 1 aliphatic rings. The molecule has 1 aliphatic heterocycles. The highest BCUT2D eigenvalue weighted by Crippen LogP contribution is 2.28. The van der Waals surface area contributed by atoms with Crippen LogP contribution in [0.1, 0.15) is 29.0 Å². The first-order valence-electron chi connectivity index (χ1n) is 8.15. The Morgan fingerprint density at radius 3 is 2.70 bits per heavy atom. The van der Waals surface area contributed by atoms with Crippen molar-refractivity contribution < 1.29 is 19.6 Å². The third-order valence-electron chi connectivity index (χ3n) is 4.50. The molecule has 0 saturated carbocycles. The number of hydrogen-bond acceptors (Lipinski definition) is 7. The highest BCUT2D eigenvalue weighted by Gasteiger charge is 2.42. The van der Waals surface area contributed by atoms with Gasteiger partial charge in [0.1, 0.15) is 5.54 Å². The smallest absolute Gasteiger partial charge is 0.329 e. The SMILES string of the molecule is Cc1c(C(=O)NC2(C(=O)O)CCSCC2)nnn1-c1cccc([N+](=O)[O-])c1. The van der Waals surface area contributed by atoms with Crippen LogP contribution in [0.3, 0.4) is 0 Å². The fourth-order valence-corrected chi connectivity index (χ4v) is 4.10. The maximum atomic E-state index is 12.7. The summed E-state index contributed by atoms with van der Waals surface area (Å²) < 4.78 is 1.31. The average Bonchev–Trinajstić information content (AvgIpc) is 3.04. The molecule has 10 nitrogen and oxygen atoms in total. The summed E-state index contributed by atoms with van der Waals surface area (Å²) in [5, 5.41) is 30.9. The molecular weight excluding hydrogens is 374 g/mol. The van der Waals surface area contributed by atoms with Crippen molar-refractivity contribution in [1.29, 1.82) is 0 Å². The Hall–Kier alpha value is -2.95. The lowest BCUT2D eigenvalue weighted by atomic mass is 9.92. The molecule has 0 bridgehead atoms. The molecule has 0 aliphatic carbocycles. The first-order chi connectivity index (χ1) is 12.8. The standard InChI is InChI=1S/C16H17N5O5S/c1-10-13(14(22)17-16(15(23)24)5-7-27-8-6-16)18-19-20(10)11-3-2-4-12(9-11)21(25)26/h2-4,9H,5-8H2,1H3,(H,17,22)(H,23,24). The minimum absolute atomic E-state index is 0.0136. The van der Waals surface area contributed by atoms with Gasteiger partial charge in [-0.2, -0.15) is 11.8 Å². The van der Waals surface area contributed by atoms with Crippen LogP contribution >= 0.6 is 11.8 Å². The number of carboxylic acid groups (broad SMARTS) is 1. The van der Waals surface area contributed by atoms with Crippen molar-refractivity contribution in [2.75, 3.05) is 11.5 Å². The second-order valence-electron chi connectivity index (χ2n) is 6.17. The minimum Gasteiger partial charge on any atom is -0.480 e. The molecule has 2 heterocycles. The zero-order valence-corrected chi connectivity index (χ0v) is 15.2. The molecule has 2 N–H and O–H groups in total. The van der Waals surface area contributed by atoms with E-state index in [2.05, 4.69) is 15.6 Å². The largest absolute Gasteiger partial charge is 0.480 e. The van der Waals surface area contributed by atoms with Gasteiger partial charge >= 0.3 is 5.97 Å². The zero-order chi connectivity index (χ0) is 19.6. The van der Waals surface area contributed by atoms with E-state index in [1.165, 1.54) is 22.9 Å².